The number of nitrogen functional groups attached to an aromatic ring is 1. The normalized spacial score (nSPS) is 22.9. The Morgan fingerprint density at radius 1 is 0.780 bits per heavy atom. The number of anilines is 4. The first-order valence-corrected chi connectivity index (χ1v) is 17.3. The monoisotopic (exact) mass is 685 g/mol. The molecule has 3 fully saturated rings. The number of aliphatic hydroxyl groups excluding tert-OH is 2. The van der Waals surface area contributed by atoms with E-state index in [0.29, 0.717) is 42.4 Å². The summed E-state index contributed by atoms with van der Waals surface area (Å²) in [7, 11) is 0. The molecule has 3 aliphatic rings. The number of amides is 2. The number of nitrogens with two attached hydrogens (primary N) is 1. The van der Waals surface area contributed by atoms with E-state index in [1.54, 1.807) is 0 Å². The Balaban J connectivity index is 0.000000182. The molecule has 8 N–H and O–H groups in total. The molecule has 2 aliphatic carbocycles. The van der Waals surface area contributed by atoms with E-state index < -0.39 is 6.04 Å². The summed E-state index contributed by atoms with van der Waals surface area (Å²) in [6.07, 6.45) is 5.31. The number of nitrogens with one attached hydrogen (secondary N) is 4. The molecule has 2 saturated carbocycles. The average molecular weight is 686 g/mol. The summed E-state index contributed by atoms with van der Waals surface area (Å²) >= 11 is 0. The topological polar surface area (TPSA) is 201 Å². The number of aryl methyl sites for hydroxylation is 4. The third kappa shape index (κ3) is 7.95. The summed E-state index contributed by atoms with van der Waals surface area (Å²) in [5.74, 6) is 1.17. The number of benzene rings is 2. The minimum Gasteiger partial charge on any atom is -0.397 e. The second-order valence-electron chi connectivity index (χ2n) is 13.7. The summed E-state index contributed by atoms with van der Waals surface area (Å²) in [5.41, 5.74) is 14.7. The third-order valence-corrected chi connectivity index (χ3v) is 9.81. The van der Waals surface area contributed by atoms with Crippen LogP contribution >= 0.6 is 0 Å². The predicted molar refractivity (Wildman–Crippen MR) is 192 cm³/mol. The Hall–Kier alpha value is -4.88. The van der Waals surface area contributed by atoms with E-state index in [1.807, 2.05) is 64.1 Å². The molecule has 1 aliphatic heterocycles. The molecule has 13 nitrogen and oxygen atoms in total. The van der Waals surface area contributed by atoms with Gasteiger partial charge in [0.05, 0.1) is 46.3 Å². The van der Waals surface area contributed by atoms with Gasteiger partial charge in [0, 0.05) is 29.6 Å². The van der Waals surface area contributed by atoms with E-state index in [9.17, 15) is 19.8 Å². The van der Waals surface area contributed by atoms with Crippen LogP contribution in [0.15, 0.2) is 45.4 Å². The molecule has 0 bridgehead atoms. The zero-order valence-electron chi connectivity index (χ0n) is 29.0. The fourth-order valence-corrected chi connectivity index (χ4v) is 7.22. The smallest absolute Gasteiger partial charge is 0.247 e. The van der Waals surface area contributed by atoms with Crippen LogP contribution in [-0.2, 0) is 9.59 Å². The van der Waals surface area contributed by atoms with Gasteiger partial charge in [-0.25, -0.2) is 0 Å². The zero-order chi connectivity index (χ0) is 35.5. The molecule has 0 spiro atoms. The van der Waals surface area contributed by atoms with Crippen molar-refractivity contribution in [2.24, 2.45) is 0 Å². The van der Waals surface area contributed by atoms with Gasteiger partial charge in [-0.1, -0.05) is 22.4 Å². The maximum absolute atomic E-state index is 12.7. The average Bonchev–Trinajstić information content (AvgIpc) is 3.91. The Bertz CT molecular complexity index is 1810. The van der Waals surface area contributed by atoms with Crippen molar-refractivity contribution >= 4 is 34.6 Å². The van der Waals surface area contributed by atoms with Crippen LogP contribution in [0.4, 0.5) is 22.7 Å². The number of aliphatic hydroxyl groups is 2. The summed E-state index contributed by atoms with van der Waals surface area (Å²) < 4.78 is 10.5. The molecule has 2 amide bonds. The van der Waals surface area contributed by atoms with Crippen molar-refractivity contribution in [3.05, 3.63) is 59.3 Å². The Morgan fingerprint density at radius 3 is 1.78 bits per heavy atom. The van der Waals surface area contributed by atoms with Gasteiger partial charge in [-0.2, -0.15) is 0 Å². The molecule has 50 heavy (non-hydrogen) atoms. The van der Waals surface area contributed by atoms with Crippen molar-refractivity contribution in [3.8, 4) is 22.3 Å². The summed E-state index contributed by atoms with van der Waals surface area (Å²) in [6, 6.07) is 11.7. The number of carbonyl (C=O) groups is 2. The summed E-state index contributed by atoms with van der Waals surface area (Å²) in [5, 5.41) is 39.9. The van der Waals surface area contributed by atoms with Gasteiger partial charge in [-0.05, 0) is 108 Å². The molecule has 5 atom stereocenters. The van der Waals surface area contributed by atoms with Crippen LogP contribution in [0.5, 0.6) is 0 Å². The standard InChI is InChI=1S/C21H26N4O4.C16H21N3O2/c1-11-20(12(2)29-25-11)13-3-6-16(22-14-4-5-15(26)10-14)18(9-13)24-21(28)17-7-8-19(27)23-17;1-9-16(10(2)21-19-9)11-3-6-15(14(17)7-11)18-12-4-5-13(20)8-12/h3,6,9,14-15,17,22,26H,4-5,7-8,10H2,1-2H3,(H,23,27)(H,24,28);3,6-7,12-13,18,20H,4-5,8,17H2,1-2H3/t14-,15-,17+;12-,13-/m11/s1. The molecular weight excluding hydrogens is 638 g/mol. The quantitative estimate of drug-likeness (QED) is 0.118. The van der Waals surface area contributed by atoms with Crippen molar-refractivity contribution in [1.29, 1.82) is 0 Å². The number of hydrogen-bond acceptors (Lipinski definition) is 11. The lowest BCUT2D eigenvalue weighted by molar-refractivity contribution is -0.122. The molecule has 7 rings (SSSR count). The van der Waals surface area contributed by atoms with Gasteiger partial charge in [-0.15, -0.1) is 0 Å². The molecule has 13 heteroatoms. The number of carbonyl (C=O) groups excluding carboxylic acids is 2. The predicted octanol–water partition coefficient (Wildman–Crippen LogP) is 5.37. The van der Waals surface area contributed by atoms with Crippen molar-refractivity contribution in [2.75, 3.05) is 21.7 Å². The van der Waals surface area contributed by atoms with Crippen LogP contribution in [0, 0.1) is 27.7 Å². The molecular formula is C37H47N7O6. The zero-order valence-corrected chi connectivity index (χ0v) is 29.0. The van der Waals surface area contributed by atoms with Crippen LogP contribution in [0.2, 0.25) is 0 Å². The minimum absolute atomic E-state index is 0.104. The fourth-order valence-electron chi connectivity index (χ4n) is 7.22. The highest BCUT2D eigenvalue weighted by Crippen LogP contribution is 2.35. The van der Waals surface area contributed by atoms with Gasteiger partial charge in [0.1, 0.15) is 17.6 Å². The van der Waals surface area contributed by atoms with Crippen molar-refractivity contribution in [2.45, 2.75) is 109 Å². The van der Waals surface area contributed by atoms with Gasteiger partial charge in [0.15, 0.2) is 0 Å². The van der Waals surface area contributed by atoms with Crippen LogP contribution in [0.25, 0.3) is 22.3 Å². The Morgan fingerprint density at radius 2 is 1.32 bits per heavy atom. The van der Waals surface area contributed by atoms with E-state index in [0.717, 1.165) is 82.9 Å². The third-order valence-electron chi connectivity index (χ3n) is 9.81. The Kier molecular flexibility index (Phi) is 10.4. The SMILES string of the molecule is Cc1noc(C)c1-c1ccc(N[C@@H]2CC[C@@H](O)C2)c(N)c1.Cc1noc(C)c1-c1ccc(N[C@@H]2CC[C@@H](O)C2)c(NC(=O)[C@@H]2CCC(=O)N2)c1. The lowest BCUT2D eigenvalue weighted by Gasteiger charge is -2.20. The maximum atomic E-state index is 12.7. The van der Waals surface area contributed by atoms with Crippen LogP contribution in [0.1, 0.15) is 74.3 Å². The highest BCUT2D eigenvalue weighted by Gasteiger charge is 2.29. The highest BCUT2D eigenvalue weighted by molar-refractivity contribution is 6.01. The molecule has 266 valence electrons. The molecule has 0 radical (unpaired) electrons. The molecule has 2 aromatic carbocycles. The van der Waals surface area contributed by atoms with E-state index in [-0.39, 0.29) is 30.1 Å². The number of rotatable bonds is 8. The minimum atomic E-state index is -0.522. The first-order valence-electron chi connectivity index (χ1n) is 17.3. The van der Waals surface area contributed by atoms with Gasteiger partial charge in [0.25, 0.3) is 0 Å². The summed E-state index contributed by atoms with van der Waals surface area (Å²) in [4.78, 5) is 24.2. The van der Waals surface area contributed by atoms with Crippen LogP contribution in [-0.4, -0.2) is 62.7 Å². The van der Waals surface area contributed by atoms with Gasteiger partial charge in [-0.3, -0.25) is 9.59 Å². The maximum Gasteiger partial charge on any atom is 0.247 e. The number of aromatic nitrogens is 2. The number of hydrogen-bond donors (Lipinski definition) is 7. The lowest BCUT2D eigenvalue weighted by Crippen LogP contribution is -2.37. The van der Waals surface area contributed by atoms with E-state index in [4.69, 9.17) is 14.8 Å². The summed E-state index contributed by atoms with van der Waals surface area (Å²) in [6.45, 7) is 7.56. The lowest BCUT2D eigenvalue weighted by atomic mass is 10.0. The van der Waals surface area contributed by atoms with E-state index >= 15 is 0 Å². The largest absolute Gasteiger partial charge is 0.397 e. The highest BCUT2D eigenvalue weighted by atomic mass is 16.5. The number of nitrogens with zero attached hydrogens (tertiary/aromatic N) is 2. The van der Waals surface area contributed by atoms with E-state index in [1.165, 1.54) is 0 Å². The fraction of sp³-hybridized carbons (Fsp3) is 0.459. The van der Waals surface area contributed by atoms with Crippen molar-refractivity contribution in [1.82, 2.24) is 15.6 Å². The first kappa shape index (κ1) is 35.0. The second kappa shape index (κ2) is 14.9. The van der Waals surface area contributed by atoms with Crippen molar-refractivity contribution in [3.63, 3.8) is 0 Å². The molecule has 4 aromatic rings. The van der Waals surface area contributed by atoms with E-state index in [2.05, 4.69) is 31.6 Å². The van der Waals surface area contributed by atoms with Crippen LogP contribution in [0.3, 0.4) is 0 Å². The van der Waals surface area contributed by atoms with Crippen molar-refractivity contribution < 1.29 is 28.8 Å². The Labute approximate surface area is 291 Å². The van der Waals surface area contributed by atoms with Gasteiger partial charge < -0.3 is 46.3 Å². The van der Waals surface area contributed by atoms with Gasteiger partial charge >= 0.3 is 0 Å². The molecule has 1 saturated heterocycles. The van der Waals surface area contributed by atoms with Crippen LogP contribution < -0.4 is 27.0 Å². The first-order chi connectivity index (χ1) is 23.9. The second-order valence-corrected chi connectivity index (χ2v) is 13.7. The molecule has 2 aromatic heterocycles. The molecule has 0 unspecified atom stereocenters. The van der Waals surface area contributed by atoms with Gasteiger partial charge in [0.2, 0.25) is 11.8 Å². The molecule has 3 heterocycles.